The number of anilines is 1. The molecule has 0 radical (unpaired) electrons. The zero-order valence-electron chi connectivity index (χ0n) is 10.3. The van der Waals surface area contributed by atoms with Gasteiger partial charge in [0.1, 0.15) is 18.6 Å². The first kappa shape index (κ1) is 15.7. The molecule has 1 amide bonds. The summed E-state index contributed by atoms with van der Waals surface area (Å²) < 4.78 is 36.1. The van der Waals surface area contributed by atoms with Gasteiger partial charge in [0, 0.05) is 12.6 Å². The molecule has 0 aliphatic carbocycles. The highest BCUT2D eigenvalue weighted by Gasteiger charge is 2.29. The summed E-state index contributed by atoms with van der Waals surface area (Å²) in [5.41, 5.74) is -0.797. The van der Waals surface area contributed by atoms with Gasteiger partial charge in [0.15, 0.2) is 0 Å². The lowest BCUT2D eigenvalue weighted by molar-refractivity contribution is -0.385. The lowest BCUT2D eigenvalue weighted by Crippen LogP contribution is -2.34. The van der Waals surface area contributed by atoms with Crippen LogP contribution in [0, 0.1) is 10.1 Å². The molecule has 0 spiro atoms. The molecule has 1 heterocycles. The summed E-state index contributed by atoms with van der Waals surface area (Å²) in [7, 11) is 0. The van der Waals surface area contributed by atoms with Gasteiger partial charge in [-0.2, -0.15) is 13.2 Å². The Labute approximate surface area is 111 Å². The zero-order valence-corrected chi connectivity index (χ0v) is 10.3. The van der Waals surface area contributed by atoms with Crippen molar-refractivity contribution in [3.63, 3.8) is 0 Å². The highest BCUT2D eigenvalue weighted by Crippen LogP contribution is 2.20. The standard InChI is InChI=1S/C10H11F3N4O3/c1-2-14-8-7(3-6(4-15-8)17(19)20)9(18)16-5-10(11,12)13/h3-4H,2,5H2,1H3,(H,14,15)(H,16,18). The molecule has 10 heteroatoms. The van der Waals surface area contributed by atoms with Gasteiger partial charge in [0.25, 0.3) is 11.6 Å². The number of nitro groups is 1. The normalized spacial score (nSPS) is 11.0. The van der Waals surface area contributed by atoms with E-state index in [9.17, 15) is 28.1 Å². The Balaban J connectivity index is 3.02. The molecule has 0 aromatic carbocycles. The number of hydrogen-bond acceptors (Lipinski definition) is 5. The Hall–Kier alpha value is -2.39. The Morgan fingerprint density at radius 2 is 2.15 bits per heavy atom. The monoisotopic (exact) mass is 292 g/mol. The summed E-state index contributed by atoms with van der Waals surface area (Å²) in [5, 5.41) is 14.9. The van der Waals surface area contributed by atoms with Crippen LogP contribution in [0.25, 0.3) is 0 Å². The lowest BCUT2D eigenvalue weighted by atomic mass is 10.2. The molecule has 2 N–H and O–H groups in total. The Morgan fingerprint density at radius 3 is 2.65 bits per heavy atom. The van der Waals surface area contributed by atoms with Crippen molar-refractivity contribution in [3.05, 3.63) is 27.9 Å². The second-order valence-electron chi connectivity index (χ2n) is 3.67. The third-order valence-electron chi connectivity index (χ3n) is 2.12. The number of rotatable bonds is 5. The van der Waals surface area contributed by atoms with Crippen LogP contribution in [0.15, 0.2) is 12.3 Å². The van der Waals surface area contributed by atoms with E-state index in [2.05, 4.69) is 10.3 Å². The average Bonchev–Trinajstić information content (AvgIpc) is 2.35. The van der Waals surface area contributed by atoms with E-state index in [4.69, 9.17) is 0 Å². The van der Waals surface area contributed by atoms with Gasteiger partial charge in [0.2, 0.25) is 0 Å². The van der Waals surface area contributed by atoms with Gasteiger partial charge in [-0.3, -0.25) is 14.9 Å². The molecule has 1 rings (SSSR count). The van der Waals surface area contributed by atoms with Crippen LogP contribution in [0.1, 0.15) is 17.3 Å². The van der Waals surface area contributed by atoms with E-state index in [1.54, 1.807) is 12.2 Å². The molecule has 20 heavy (non-hydrogen) atoms. The van der Waals surface area contributed by atoms with Gasteiger partial charge < -0.3 is 10.6 Å². The van der Waals surface area contributed by atoms with Crippen molar-refractivity contribution in [1.29, 1.82) is 0 Å². The zero-order chi connectivity index (χ0) is 15.3. The molecule has 0 aliphatic rings. The predicted octanol–water partition coefficient (Wildman–Crippen LogP) is 1.71. The quantitative estimate of drug-likeness (QED) is 0.636. The molecule has 0 saturated carbocycles. The molecule has 0 bridgehead atoms. The van der Waals surface area contributed by atoms with Crippen LogP contribution >= 0.6 is 0 Å². The number of nitrogens with zero attached hydrogens (tertiary/aromatic N) is 2. The van der Waals surface area contributed by atoms with Crippen molar-refractivity contribution >= 4 is 17.4 Å². The van der Waals surface area contributed by atoms with Crippen LogP contribution in [0.5, 0.6) is 0 Å². The van der Waals surface area contributed by atoms with E-state index < -0.39 is 29.2 Å². The van der Waals surface area contributed by atoms with E-state index in [1.165, 1.54) is 0 Å². The molecular formula is C10H11F3N4O3. The number of carbonyl (C=O) groups is 1. The topological polar surface area (TPSA) is 97.2 Å². The maximum atomic E-state index is 12.0. The number of alkyl halides is 3. The van der Waals surface area contributed by atoms with Crippen molar-refractivity contribution in [2.45, 2.75) is 13.1 Å². The SMILES string of the molecule is CCNc1ncc([N+](=O)[O-])cc1C(=O)NCC(F)(F)F. The van der Waals surface area contributed by atoms with E-state index in [0.717, 1.165) is 12.3 Å². The van der Waals surface area contributed by atoms with E-state index in [1.807, 2.05) is 0 Å². The number of aromatic nitrogens is 1. The maximum Gasteiger partial charge on any atom is 0.405 e. The highest BCUT2D eigenvalue weighted by atomic mass is 19.4. The van der Waals surface area contributed by atoms with Crippen molar-refractivity contribution < 1.29 is 22.9 Å². The fourth-order valence-electron chi connectivity index (χ4n) is 1.31. The first-order chi connectivity index (χ1) is 9.24. The van der Waals surface area contributed by atoms with Crippen molar-refractivity contribution in [2.75, 3.05) is 18.4 Å². The molecule has 0 atom stereocenters. The predicted molar refractivity (Wildman–Crippen MR) is 63.4 cm³/mol. The number of amides is 1. The third-order valence-corrected chi connectivity index (χ3v) is 2.12. The van der Waals surface area contributed by atoms with Gasteiger partial charge >= 0.3 is 6.18 Å². The van der Waals surface area contributed by atoms with Crippen LogP contribution in [-0.4, -0.2) is 35.1 Å². The summed E-state index contributed by atoms with van der Waals surface area (Å²) in [5.74, 6) is -1.10. The third kappa shape index (κ3) is 4.37. The molecule has 1 aromatic heterocycles. The summed E-state index contributed by atoms with van der Waals surface area (Å²) in [4.78, 5) is 25.1. The van der Waals surface area contributed by atoms with Gasteiger partial charge in [-0.1, -0.05) is 0 Å². The second kappa shape index (κ2) is 6.17. The molecule has 0 fully saturated rings. The first-order valence-electron chi connectivity index (χ1n) is 5.48. The molecular weight excluding hydrogens is 281 g/mol. The largest absolute Gasteiger partial charge is 0.405 e. The fourth-order valence-corrected chi connectivity index (χ4v) is 1.31. The van der Waals surface area contributed by atoms with E-state index in [0.29, 0.717) is 6.54 Å². The van der Waals surface area contributed by atoms with Gasteiger partial charge in [-0.25, -0.2) is 4.98 Å². The number of halogens is 3. The summed E-state index contributed by atoms with van der Waals surface area (Å²) >= 11 is 0. The minimum absolute atomic E-state index is 0.0159. The number of hydrogen-bond donors (Lipinski definition) is 2. The summed E-state index contributed by atoms with van der Waals surface area (Å²) in [6.07, 6.45) is -3.65. The first-order valence-corrected chi connectivity index (χ1v) is 5.48. The molecule has 0 saturated heterocycles. The number of nitrogens with one attached hydrogen (secondary N) is 2. The molecule has 1 aromatic rings. The van der Waals surface area contributed by atoms with E-state index in [-0.39, 0.29) is 11.4 Å². The molecule has 0 aliphatic heterocycles. The minimum atomic E-state index is -4.57. The van der Waals surface area contributed by atoms with Crippen molar-refractivity contribution in [1.82, 2.24) is 10.3 Å². The summed E-state index contributed by atoms with van der Waals surface area (Å²) in [6, 6.07) is 0.872. The van der Waals surface area contributed by atoms with Crippen LogP contribution in [0.2, 0.25) is 0 Å². The van der Waals surface area contributed by atoms with Crippen LogP contribution in [-0.2, 0) is 0 Å². The van der Waals surface area contributed by atoms with Crippen LogP contribution < -0.4 is 10.6 Å². The second-order valence-corrected chi connectivity index (χ2v) is 3.67. The molecule has 0 unspecified atom stereocenters. The lowest BCUT2D eigenvalue weighted by Gasteiger charge is -2.11. The maximum absolute atomic E-state index is 12.0. The number of carbonyl (C=O) groups excluding carboxylic acids is 1. The fraction of sp³-hybridized carbons (Fsp3) is 0.400. The Kier molecular flexibility index (Phi) is 4.83. The van der Waals surface area contributed by atoms with Gasteiger partial charge in [-0.15, -0.1) is 0 Å². The van der Waals surface area contributed by atoms with E-state index >= 15 is 0 Å². The van der Waals surface area contributed by atoms with Crippen LogP contribution in [0.4, 0.5) is 24.7 Å². The smallest absolute Gasteiger partial charge is 0.370 e. The summed E-state index contributed by atoms with van der Waals surface area (Å²) in [6.45, 7) is 0.505. The Morgan fingerprint density at radius 1 is 1.50 bits per heavy atom. The Bertz CT molecular complexity index is 519. The molecule has 110 valence electrons. The van der Waals surface area contributed by atoms with Gasteiger partial charge in [0.05, 0.1) is 10.5 Å². The van der Waals surface area contributed by atoms with Crippen molar-refractivity contribution in [3.8, 4) is 0 Å². The highest BCUT2D eigenvalue weighted by molar-refractivity contribution is 5.99. The minimum Gasteiger partial charge on any atom is -0.370 e. The van der Waals surface area contributed by atoms with Gasteiger partial charge in [-0.05, 0) is 6.92 Å². The van der Waals surface area contributed by atoms with Crippen molar-refractivity contribution in [2.24, 2.45) is 0 Å². The average molecular weight is 292 g/mol. The van der Waals surface area contributed by atoms with Crippen LogP contribution in [0.3, 0.4) is 0 Å². The molecule has 7 nitrogen and oxygen atoms in total. The number of pyridine rings is 1.